The fourth-order valence-electron chi connectivity index (χ4n) is 2.74. The predicted molar refractivity (Wildman–Crippen MR) is 118 cm³/mol. The number of hydrogen-bond donors (Lipinski definition) is 3. The molecular weight excluding hydrogens is 439 g/mol. The number of benzene rings is 3. The Morgan fingerprint density at radius 2 is 1.81 bits per heavy atom. The predicted octanol–water partition coefficient (Wildman–Crippen LogP) is 5.05. The van der Waals surface area contributed by atoms with Crippen LogP contribution in [0.1, 0.15) is 15.9 Å². The molecule has 0 aromatic heterocycles. The Morgan fingerprint density at radius 3 is 2.47 bits per heavy atom. The first-order chi connectivity index (χ1) is 15.4. The van der Waals surface area contributed by atoms with Crippen LogP contribution in [-0.2, 0) is 4.79 Å². The van der Waals surface area contributed by atoms with Gasteiger partial charge in [0.2, 0.25) is 0 Å². The normalized spacial score (nSPS) is 10.6. The number of hydrogen-bond acceptors (Lipinski definition) is 5. The lowest BCUT2D eigenvalue weighted by Gasteiger charge is -2.16. The molecule has 0 aliphatic carbocycles. The Balaban J connectivity index is 2.09. The smallest absolute Gasteiger partial charge is 0.267 e. The summed E-state index contributed by atoms with van der Waals surface area (Å²) in [5.74, 6) is -1.70. The van der Waals surface area contributed by atoms with Crippen LogP contribution in [-0.4, -0.2) is 24.1 Å². The molecule has 0 fully saturated rings. The van der Waals surface area contributed by atoms with E-state index in [1.54, 1.807) is 30.3 Å². The zero-order valence-corrected chi connectivity index (χ0v) is 17.5. The minimum Gasteiger partial charge on any atom is -0.497 e. The maximum atomic E-state index is 14.3. The second kappa shape index (κ2) is 10.4. The highest BCUT2D eigenvalue weighted by Crippen LogP contribution is 2.37. The third-order valence-corrected chi connectivity index (χ3v) is 4.50. The SMILES string of the molecule is COc1cc(NC(=O)c2ccccc2)c(/C=C/C(=O)NO)c(Oc2ccc(Cl)cc2F)c1. The van der Waals surface area contributed by atoms with Crippen LogP contribution in [0.4, 0.5) is 10.1 Å². The van der Waals surface area contributed by atoms with Gasteiger partial charge >= 0.3 is 0 Å². The standard InChI is InChI=1S/C23H18ClFN2O5/c1-31-16-12-19(26-23(29)14-5-3-2-4-6-14)17(8-10-22(28)27-30)21(13-16)32-20-9-7-15(24)11-18(20)25/h2-13,30H,1H3,(H,26,29)(H,27,28)/b10-8+. The number of methoxy groups -OCH3 is 1. The first kappa shape index (κ1) is 22.8. The average Bonchev–Trinajstić information content (AvgIpc) is 2.80. The van der Waals surface area contributed by atoms with Crippen LogP contribution in [0.25, 0.3) is 6.08 Å². The minimum absolute atomic E-state index is 0.0796. The molecule has 0 spiro atoms. The summed E-state index contributed by atoms with van der Waals surface area (Å²) in [5, 5.41) is 11.7. The largest absolute Gasteiger partial charge is 0.497 e. The van der Waals surface area contributed by atoms with Crippen LogP contribution in [0.15, 0.2) is 66.7 Å². The molecule has 3 aromatic rings. The number of rotatable bonds is 7. The van der Waals surface area contributed by atoms with E-state index in [4.69, 9.17) is 26.3 Å². The van der Waals surface area contributed by atoms with E-state index in [1.807, 2.05) is 0 Å². The van der Waals surface area contributed by atoms with Crippen LogP contribution in [0.5, 0.6) is 17.2 Å². The maximum absolute atomic E-state index is 14.3. The molecule has 0 radical (unpaired) electrons. The van der Waals surface area contributed by atoms with Crippen LogP contribution < -0.4 is 20.3 Å². The van der Waals surface area contributed by atoms with Crippen LogP contribution in [0, 0.1) is 5.82 Å². The van der Waals surface area contributed by atoms with Gasteiger partial charge in [-0.15, -0.1) is 0 Å². The number of carbonyl (C=O) groups excluding carboxylic acids is 2. The molecule has 32 heavy (non-hydrogen) atoms. The van der Waals surface area contributed by atoms with Crippen molar-refractivity contribution in [1.29, 1.82) is 0 Å². The summed E-state index contributed by atoms with van der Waals surface area (Å²) in [6.45, 7) is 0. The van der Waals surface area contributed by atoms with Gasteiger partial charge in [0.25, 0.3) is 11.8 Å². The number of carbonyl (C=O) groups is 2. The van der Waals surface area contributed by atoms with Crippen molar-refractivity contribution >= 4 is 35.2 Å². The molecule has 0 saturated carbocycles. The molecule has 0 heterocycles. The van der Waals surface area contributed by atoms with E-state index in [0.29, 0.717) is 11.3 Å². The highest BCUT2D eigenvalue weighted by molar-refractivity contribution is 6.30. The fraction of sp³-hybridized carbons (Fsp3) is 0.0435. The van der Waals surface area contributed by atoms with Gasteiger partial charge in [0, 0.05) is 34.4 Å². The summed E-state index contributed by atoms with van der Waals surface area (Å²) in [6, 6.07) is 15.3. The van der Waals surface area contributed by atoms with Gasteiger partial charge < -0.3 is 14.8 Å². The lowest BCUT2D eigenvalue weighted by molar-refractivity contribution is -0.124. The Morgan fingerprint density at radius 1 is 1.06 bits per heavy atom. The van der Waals surface area contributed by atoms with Crippen molar-refractivity contribution in [3.63, 3.8) is 0 Å². The van der Waals surface area contributed by atoms with Crippen molar-refractivity contribution in [3.8, 4) is 17.2 Å². The van der Waals surface area contributed by atoms with Crippen molar-refractivity contribution in [2.75, 3.05) is 12.4 Å². The van der Waals surface area contributed by atoms with Gasteiger partial charge in [-0.3, -0.25) is 14.8 Å². The Hall–Kier alpha value is -3.88. The van der Waals surface area contributed by atoms with E-state index in [2.05, 4.69) is 5.32 Å². The molecule has 9 heteroatoms. The molecular formula is C23H18ClFN2O5. The number of halogens is 2. The molecule has 0 bridgehead atoms. The fourth-order valence-corrected chi connectivity index (χ4v) is 2.89. The van der Waals surface area contributed by atoms with E-state index < -0.39 is 17.6 Å². The Kier molecular flexibility index (Phi) is 7.43. The van der Waals surface area contributed by atoms with E-state index in [-0.39, 0.29) is 27.8 Å². The summed E-state index contributed by atoms with van der Waals surface area (Å²) in [4.78, 5) is 24.3. The van der Waals surface area contributed by atoms with Crippen LogP contribution >= 0.6 is 11.6 Å². The quantitative estimate of drug-likeness (QED) is 0.262. The number of hydroxylamine groups is 1. The average molecular weight is 457 g/mol. The number of nitrogens with one attached hydrogen (secondary N) is 2. The van der Waals surface area contributed by atoms with Gasteiger partial charge in [-0.1, -0.05) is 29.8 Å². The van der Waals surface area contributed by atoms with Crippen LogP contribution in [0.3, 0.4) is 0 Å². The Bertz CT molecular complexity index is 1170. The lowest BCUT2D eigenvalue weighted by Crippen LogP contribution is -2.15. The maximum Gasteiger partial charge on any atom is 0.267 e. The molecule has 7 nitrogen and oxygen atoms in total. The molecule has 0 saturated heterocycles. The molecule has 2 amide bonds. The molecule has 0 unspecified atom stereocenters. The van der Waals surface area contributed by atoms with E-state index in [0.717, 1.165) is 12.1 Å². The van der Waals surface area contributed by atoms with Crippen molar-refractivity contribution in [2.24, 2.45) is 0 Å². The number of anilines is 1. The van der Waals surface area contributed by atoms with Gasteiger partial charge in [-0.05, 0) is 36.4 Å². The summed E-state index contributed by atoms with van der Waals surface area (Å²) in [6.07, 6.45) is 2.32. The first-order valence-corrected chi connectivity index (χ1v) is 9.62. The van der Waals surface area contributed by atoms with Crippen LogP contribution in [0.2, 0.25) is 5.02 Å². The van der Waals surface area contributed by atoms with Crippen molar-refractivity contribution in [2.45, 2.75) is 0 Å². The van der Waals surface area contributed by atoms with Crippen molar-refractivity contribution in [1.82, 2.24) is 5.48 Å². The molecule has 164 valence electrons. The summed E-state index contributed by atoms with van der Waals surface area (Å²) < 4.78 is 25.3. The minimum atomic E-state index is -0.815. The highest BCUT2D eigenvalue weighted by atomic mass is 35.5. The molecule has 3 aromatic carbocycles. The van der Waals surface area contributed by atoms with Gasteiger partial charge in [-0.2, -0.15) is 0 Å². The summed E-state index contributed by atoms with van der Waals surface area (Å²) in [5.41, 5.74) is 2.32. The zero-order chi connectivity index (χ0) is 23.1. The van der Waals surface area contributed by atoms with Gasteiger partial charge in [0.1, 0.15) is 11.5 Å². The van der Waals surface area contributed by atoms with Crippen molar-refractivity contribution < 1.29 is 28.7 Å². The van der Waals surface area contributed by atoms with Gasteiger partial charge in [0.05, 0.1) is 12.8 Å². The Labute approximate surface area is 188 Å². The topological polar surface area (TPSA) is 96.9 Å². The molecule has 0 aliphatic rings. The summed E-state index contributed by atoms with van der Waals surface area (Å²) in [7, 11) is 1.42. The molecule has 3 N–H and O–H groups in total. The third-order valence-electron chi connectivity index (χ3n) is 4.26. The van der Waals surface area contributed by atoms with E-state index in [9.17, 15) is 14.0 Å². The monoisotopic (exact) mass is 456 g/mol. The lowest BCUT2D eigenvalue weighted by atomic mass is 10.1. The molecule has 0 atom stereocenters. The number of amides is 2. The molecule has 3 rings (SSSR count). The van der Waals surface area contributed by atoms with E-state index in [1.165, 1.54) is 42.9 Å². The van der Waals surface area contributed by atoms with Crippen molar-refractivity contribution in [3.05, 3.63) is 88.7 Å². The number of ether oxygens (including phenoxy) is 2. The van der Waals surface area contributed by atoms with Gasteiger partial charge in [0.15, 0.2) is 11.6 Å². The molecule has 0 aliphatic heterocycles. The van der Waals surface area contributed by atoms with E-state index >= 15 is 0 Å². The van der Waals surface area contributed by atoms with Gasteiger partial charge in [-0.25, -0.2) is 9.87 Å². The summed E-state index contributed by atoms with van der Waals surface area (Å²) >= 11 is 5.80. The zero-order valence-electron chi connectivity index (χ0n) is 16.8. The second-order valence-corrected chi connectivity index (χ2v) is 6.83. The third kappa shape index (κ3) is 5.63. The highest BCUT2D eigenvalue weighted by Gasteiger charge is 2.17. The first-order valence-electron chi connectivity index (χ1n) is 9.24. The second-order valence-electron chi connectivity index (χ2n) is 6.39.